The van der Waals surface area contributed by atoms with Crippen LogP contribution in [0.4, 0.5) is 0 Å². The number of hydrogen-bond donors (Lipinski definition) is 1. The molecule has 0 aromatic heterocycles. The highest BCUT2D eigenvalue weighted by atomic mass is 16.5. The molecule has 1 aromatic carbocycles. The molecule has 21 heavy (non-hydrogen) atoms. The Kier molecular flexibility index (Phi) is 4.94. The van der Waals surface area contributed by atoms with Crippen LogP contribution in [-0.4, -0.2) is 43.2 Å². The van der Waals surface area contributed by atoms with Gasteiger partial charge in [-0.15, -0.1) is 0 Å². The second-order valence-corrected chi connectivity index (χ2v) is 4.83. The lowest BCUT2D eigenvalue weighted by atomic mass is 10.1. The lowest BCUT2D eigenvalue weighted by Crippen LogP contribution is -2.45. The van der Waals surface area contributed by atoms with Crippen molar-refractivity contribution in [3.8, 4) is 17.9 Å². The number of carbonyl (C=O) groups is 1. The van der Waals surface area contributed by atoms with Crippen LogP contribution in [0.1, 0.15) is 21.5 Å². The Morgan fingerprint density at radius 1 is 1.52 bits per heavy atom. The fourth-order valence-electron chi connectivity index (χ4n) is 2.23. The lowest BCUT2D eigenvalue weighted by molar-refractivity contribution is 0.00346. The van der Waals surface area contributed by atoms with Gasteiger partial charge in [0.15, 0.2) is 6.10 Å². The van der Waals surface area contributed by atoms with Crippen LogP contribution < -0.4 is 5.73 Å². The quantitative estimate of drug-likeness (QED) is 0.768. The number of hydrogen-bond acceptors (Lipinski definition) is 4. The van der Waals surface area contributed by atoms with Crippen molar-refractivity contribution in [3.05, 3.63) is 34.9 Å². The topological polar surface area (TPSA) is 79.3 Å². The predicted octanol–water partition coefficient (Wildman–Crippen LogP) is 0.670. The van der Waals surface area contributed by atoms with Crippen molar-refractivity contribution in [1.82, 2.24) is 4.90 Å². The zero-order valence-electron chi connectivity index (χ0n) is 11.9. The Morgan fingerprint density at radius 3 is 3.05 bits per heavy atom. The Morgan fingerprint density at radius 2 is 2.33 bits per heavy atom. The summed E-state index contributed by atoms with van der Waals surface area (Å²) in [4.78, 5) is 14.2. The third-order valence-corrected chi connectivity index (χ3v) is 3.16. The van der Waals surface area contributed by atoms with E-state index in [2.05, 4.69) is 11.8 Å². The number of nitrogens with two attached hydrogens (primary N) is 1. The normalized spacial score (nSPS) is 17.6. The zero-order valence-corrected chi connectivity index (χ0v) is 11.9. The molecule has 0 radical (unpaired) electrons. The van der Waals surface area contributed by atoms with E-state index in [0.29, 0.717) is 25.3 Å². The van der Waals surface area contributed by atoms with Gasteiger partial charge in [0.25, 0.3) is 5.91 Å². The summed E-state index contributed by atoms with van der Waals surface area (Å²) < 4.78 is 5.25. The standard InChI is InChI=1S/C16H17N3O2/c1-12-7-13(3-2-4-17)9-14(8-12)16(20)19-5-6-21-15(10-18)11-19/h7-9,15H,4-6,11,17H2,1H3. The van der Waals surface area contributed by atoms with Crippen LogP contribution in [0.15, 0.2) is 18.2 Å². The van der Waals surface area contributed by atoms with Crippen LogP contribution in [0.2, 0.25) is 0 Å². The number of carbonyl (C=O) groups excluding carboxylic acids is 1. The van der Waals surface area contributed by atoms with Crippen molar-refractivity contribution < 1.29 is 9.53 Å². The molecule has 2 rings (SSSR count). The first-order valence-corrected chi connectivity index (χ1v) is 6.75. The fraction of sp³-hybridized carbons (Fsp3) is 0.375. The van der Waals surface area contributed by atoms with Gasteiger partial charge < -0.3 is 15.4 Å². The number of rotatable bonds is 1. The highest BCUT2D eigenvalue weighted by molar-refractivity contribution is 5.95. The van der Waals surface area contributed by atoms with E-state index >= 15 is 0 Å². The zero-order chi connectivity index (χ0) is 15.2. The van der Waals surface area contributed by atoms with Crippen molar-refractivity contribution in [2.24, 2.45) is 5.73 Å². The second kappa shape index (κ2) is 6.90. The van der Waals surface area contributed by atoms with Crippen LogP contribution in [0.5, 0.6) is 0 Å². The van der Waals surface area contributed by atoms with E-state index in [1.54, 1.807) is 11.0 Å². The molecule has 0 saturated carbocycles. The Balaban J connectivity index is 2.22. The van der Waals surface area contributed by atoms with Crippen LogP contribution in [-0.2, 0) is 4.74 Å². The molecule has 1 aliphatic heterocycles. The van der Waals surface area contributed by atoms with Crippen molar-refractivity contribution in [2.75, 3.05) is 26.2 Å². The van der Waals surface area contributed by atoms with Crippen molar-refractivity contribution in [2.45, 2.75) is 13.0 Å². The Bertz CT molecular complexity index is 637. The van der Waals surface area contributed by atoms with E-state index in [4.69, 9.17) is 15.7 Å². The molecule has 2 N–H and O–H groups in total. The van der Waals surface area contributed by atoms with Gasteiger partial charge in [-0.1, -0.05) is 11.8 Å². The van der Waals surface area contributed by atoms with E-state index in [9.17, 15) is 4.79 Å². The fourth-order valence-corrected chi connectivity index (χ4v) is 2.23. The minimum Gasteiger partial charge on any atom is -0.360 e. The maximum Gasteiger partial charge on any atom is 0.254 e. The SMILES string of the molecule is Cc1cc(C#CCN)cc(C(=O)N2CCOC(C#N)C2)c1. The number of morpholine rings is 1. The highest BCUT2D eigenvalue weighted by Gasteiger charge is 2.25. The summed E-state index contributed by atoms with van der Waals surface area (Å²) in [5.74, 6) is 5.62. The third kappa shape index (κ3) is 3.82. The molecule has 1 fully saturated rings. The van der Waals surface area contributed by atoms with Gasteiger partial charge in [0.1, 0.15) is 0 Å². The molecule has 108 valence electrons. The van der Waals surface area contributed by atoms with E-state index in [0.717, 1.165) is 11.1 Å². The molecule has 1 heterocycles. The van der Waals surface area contributed by atoms with E-state index in [1.807, 2.05) is 25.1 Å². The predicted molar refractivity (Wildman–Crippen MR) is 78.4 cm³/mol. The van der Waals surface area contributed by atoms with E-state index < -0.39 is 6.10 Å². The molecule has 1 amide bonds. The van der Waals surface area contributed by atoms with Crippen LogP contribution >= 0.6 is 0 Å². The van der Waals surface area contributed by atoms with Gasteiger partial charge in [-0.3, -0.25) is 4.79 Å². The van der Waals surface area contributed by atoms with Crippen LogP contribution in [0.25, 0.3) is 0 Å². The summed E-state index contributed by atoms with van der Waals surface area (Å²) in [6.07, 6.45) is -0.552. The molecule has 0 aliphatic carbocycles. The Hall–Kier alpha value is -2.34. The minimum absolute atomic E-state index is 0.0990. The molecule has 1 unspecified atom stereocenters. The average molecular weight is 283 g/mol. The van der Waals surface area contributed by atoms with Gasteiger partial charge in [-0.25, -0.2) is 0 Å². The number of amides is 1. The van der Waals surface area contributed by atoms with Gasteiger partial charge in [0, 0.05) is 17.7 Å². The minimum atomic E-state index is -0.552. The molecular formula is C16H17N3O2. The summed E-state index contributed by atoms with van der Waals surface area (Å²) in [5, 5.41) is 8.90. The molecule has 0 bridgehead atoms. The molecule has 5 heteroatoms. The summed E-state index contributed by atoms with van der Waals surface area (Å²) >= 11 is 0. The molecule has 1 aromatic rings. The van der Waals surface area contributed by atoms with Crippen molar-refractivity contribution in [3.63, 3.8) is 0 Å². The van der Waals surface area contributed by atoms with Gasteiger partial charge in [-0.2, -0.15) is 5.26 Å². The second-order valence-electron chi connectivity index (χ2n) is 4.83. The largest absolute Gasteiger partial charge is 0.360 e. The van der Waals surface area contributed by atoms with Crippen molar-refractivity contribution >= 4 is 5.91 Å². The first-order chi connectivity index (χ1) is 10.1. The highest BCUT2D eigenvalue weighted by Crippen LogP contribution is 2.14. The van der Waals surface area contributed by atoms with Gasteiger partial charge >= 0.3 is 0 Å². The van der Waals surface area contributed by atoms with Crippen molar-refractivity contribution in [1.29, 1.82) is 5.26 Å². The van der Waals surface area contributed by atoms with E-state index in [-0.39, 0.29) is 12.5 Å². The maximum absolute atomic E-state index is 12.5. The first kappa shape index (κ1) is 15.1. The number of nitrogens with zero attached hydrogens (tertiary/aromatic N) is 2. The number of nitriles is 1. The summed E-state index contributed by atoms with van der Waals surface area (Å²) in [6.45, 7) is 3.38. The molecule has 0 spiro atoms. The van der Waals surface area contributed by atoms with Crippen LogP contribution in [0.3, 0.4) is 0 Å². The van der Waals surface area contributed by atoms with Gasteiger partial charge in [0.05, 0.1) is 25.8 Å². The molecule has 5 nitrogen and oxygen atoms in total. The summed E-state index contributed by atoms with van der Waals surface area (Å²) in [6, 6.07) is 7.54. The van der Waals surface area contributed by atoms with E-state index in [1.165, 1.54) is 0 Å². The first-order valence-electron chi connectivity index (χ1n) is 6.75. The smallest absolute Gasteiger partial charge is 0.254 e. The number of benzene rings is 1. The monoisotopic (exact) mass is 283 g/mol. The molecule has 1 aliphatic rings. The third-order valence-electron chi connectivity index (χ3n) is 3.16. The van der Waals surface area contributed by atoms with Crippen LogP contribution in [0, 0.1) is 30.1 Å². The van der Waals surface area contributed by atoms with Gasteiger partial charge in [-0.05, 0) is 30.7 Å². The lowest BCUT2D eigenvalue weighted by Gasteiger charge is -2.29. The molecule has 1 atom stereocenters. The Labute approximate surface area is 124 Å². The molecular weight excluding hydrogens is 266 g/mol. The maximum atomic E-state index is 12.5. The van der Waals surface area contributed by atoms with Gasteiger partial charge in [0.2, 0.25) is 0 Å². The summed E-state index contributed by atoms with van der Waals surface area (Å²) in [5.41, 5.74) is 7.68. The molecule has 1 saturated heterocycles. The average Bonchev–Trinajstić information content (AvgIpc) is 2.51. The summed E-state index contributed by atoms with van der Waals surface area (Å²) in [7, 11) is 0. The number of ether oxygens (including phenoxy) is 1. The number of aryl methyl sites for hydroxylation is 1.